The highest BCUT2D eigenvalue weighted by atomic mass is 79.9. The van der Waals surface area contributed by atoms with Crippen molar-refractivity contribution in [2.24, 2.45) is 0 Å². The fourth-order valence-electron chi connectivity index (χ4n) is 1.43. The molecule has 0 radical (unpaired) electrons. The molecule has 4 nitrogen and oxygen atoms in total. The molecule has 0 unspecified atom stereocenters. The van der Waals surface area contributed by atoms with Crippen molar-refractivity contribution in [2.45, 2.75) is 6.54 Å². The van der Waals surface area contributed by atoms with Gasteiger partial charge in [-0.15, -0.1) is 17.0 Å². The molecule has 14 heavy (non-hydrogen) atoms. The van der Waals surface area contributed by atoms with Crippen LogP contribution in [0.25, 0.3) is 11.0 Å². The smallest absolute Gasteiger partial charge is 0.201 e. The summed E-state index contributed by atoms with van der Waals surface area (Å²) in [5.74, 6) is 0.454. The number of anilines is 1. The van der Waals surface area contributed by atoms with Gasteiger partial charge in [0.15, 0.2) is 0 Å². The van der Waals surface area contributed by atoms with E-state index in [0.29, 0.717) is 12.5 Å². The second kappa shape index (κ2) is 4.43. The number of fused-ring (bicyclic) bond motifs is 1. The molecule has 1 aromatic heterocycles. The van der Waals surface area contributed by atoms with Crippen molar-refractivity contribution < 1.29 is 5.11 Å². The highest BCUT2D eigenvalue weighted by Crippen LogP contribution is 2.16. The minimum absolute atomic E-state index is 0. The van der Waals surface area contributed by atoms with E-state index < -0.39 is 0 Å². The molecule has 0 spiro atoms. The highest BCUT2D eigenvalue weighted by molar-refractivity contribution is 8.93. The molecule has 5 heteroatoms. The Kier molecular flexibility index (Phi) is 3.49. The first-order valence-electron chi connectivity index (χ1n) is 4.14. The van der Waals surface area contributed by atoms with Gasteiger partial charge in [-0.05, 0) is 12.1 Å². The average Bonchev–Trinajstić information content (AvgIpc) is 2.44. The van der Waals surface area contributed by atoms with Gasteiger partial charge in [0.2, 0.25) is 5.95 Å². The molecule has 2 aromatic rings. The van der Waals surface area contributed by atoms with E-state index in [4.69, 9.17) is 10.8 Å². The molecule has 0 saturated heterocycles. The SMILES string of the molecule is Br.Nc1nc2ccccc2n1CCO. The number of aromatic nitrogens is 2. The molecule has 76 valence electrons. The van der Waals surface area contributed by atoms with Crippen molar-refractivity contribution in [3.8, 4) is 0 Å². The summed E-state index contributed by atoms with van der Waals surface area (Å²) in [7, 11) is 0. The summed E-state index contributed by atoms with van der Waals surface area (Å²) >= 11 is 0. The molecular weight excluding hydrogens is 246 g/mol. The maximum atomic E-state index is 8.82. The van der Waals surface area contributed by atoms with E-state index in [1.165, 1.54) is 0 Å². The number of para-hydroxylation sites is 2. The van der Waals surface area contributed by atoms with E-state index in [9.17, 15) is 0 Å². The normalized spacial score (nSPS) is 10.1. The molecule has 0 atom stereocenters. The molecule has 2 rings (SSSR count). The van der Waals surface area contributed by atoms with Crippen LogP contribution in [0.4, 0.5) is 5.95 Å². The van der Waals surface area contributed by atoms with Crippen molar-refractivity contribution in [3.63, 3.8) is 0 Å². The fraction of sp³-hybridized carbons (Fsp3) is 0.222. The van der Waals surface area contributed by atoms with Gasteiger partial charge in [-0.3, -0.25) is 0 Å². The molecule has 0 fully saturated rings. The van der Waals surface area contributed by atoms with Crippen molar-refractivity contribution >= 4 is 34.0 Å². The zero-order valence-corrected chi connectivity index (χ0v) is 9.26. The van der Waals surface area contributed by atoms with Crippen LogP contribution in [-0.4, -0.2) is 21.3 Å². The van der Waals surface area contributed by atoms with Crippen molar-refractivity contribution in [3.05, 3.63) is 24.3 Å². The number of aliphatic hydroxyl groups is 1. The maximum absolute atomic E-state index is 8.82. The topological polar surface area (TPSA) is 64.1 Å². The highest BCUT2D eigenvalue weighted by Gasteiger charge is 2.05. The lowest BCUT2D eigenvalue weighted by molar-refractivity contribution is 0.278. The Morgan fingerprint density at radius 3 is 2.79 bits per heavy atom. The number of halogens is 1. The lowest BCUT2D eigenvalue weighted by Gasteiger charge is -2.02. The van der Waals surface area contributed by atoms with Gasteiger partial charge in [-0.25, -0.2) is 4.98 Å². The minimum Gasteiger partial charge on any atom is -0.395 e. The summed E-state index contributed by atoms with van der Waals surface area (Å²) in [4.78, 5) is 4.16. The largest absolute Gasteiger partial charge is 0.395 e. The Bertz CT molecular complexity index is 427. The molecule has 0 bridgehead atoms. The zero-order chi connectivity index (χ0) is 9.26. The summed E-state index contributed by atoms with van der Waals surface area (Å²) < 4.78 is 1.80. The van der Waals surface area contributed by atoms with Crippen LogP contribution in [0, 0.1) is 0 Å². The molecule has 0 aliphatic heterocycles. The number of nitrogen functional groups attached to an aromatic ring is 1. The first kappa shape index (κ1) is 11.0. The van der Waals surface area contributed by atoms with Gasteiger partial charge in [-0.2, -0.15) is 0 Å². The zero-order valence-electron chi connectivity index (χ0n) is 7.55. The van der Waals surface area contributed by atoms with Gasteiger partial charge >= 0.3 is 0 Å². The third-order valence-electron chi connectivity index (χ3n) is 2.01. The summed E-state index contributed by atoms with van der Waals surface area (Å²) in [5.41, 5.74) is 7.52. The van der Waals surface area contributed by atoms with Crippen LogP contribution in [0.2, 0.25) is 0 Å². The molecule has 0 aliphatic rings. The number of imidazole rings is 1. The Morgan fingerprint density at radius 2 is 2.07 bits per heavy atom. The van der Waals surface area contributed by atoms with Gasteiger partial charge in [0.1, 0.15) is 0 Å². The van der Waals surface area contributed by atoms with E-state index >= 15 is 0 Å². The number of hydrogen-bond acceptors (Lipinski definition) is 3. The molecule has 1 heterocycles. The fourth-order valence-corrected chi connectivity index (χ4v) is 1.43. The standard InChI is InChI=1S/C9H11N3O.BrH/c10-9-11-7-3-1-2-4-8(7)12(9)5-6-13;/h1-4,13H,5-6H2,(H2,10,11);1H. The Hall–Kier alpha value is -1.07. The van der Waals surface area contributed by atoms with E-state index in [-0.39, 0.29) is 23.6 Å². The molecule has 0 aliphatic carbocycles. The minimum atomic E-state index is 0. The van der Waals surface area contributed by atoms with Crippen LogP contribution in [0.3, 0.4) is 0 Å². The number of nitrogens with two attached hydrogens (primary N) is 1. The molecule has 3 N–H and O–H groups in total. The number of aliphatic hydroxyl groups excluding tert-OH is 1. The Morgan fingerprint density at radius 1 is 1.36 bits per heavy atom. The van der Waals surface area contributed by atoms with Crippen LogP contribution in [0.5, 0.6) is 0 Å². The van der Waals surface area contributed by atoms with Gasteiger partial charge in [-0.1, -0.05) is 12.1 Å². The lowest BCUT2D eigenvalue weighted by Crippen LogP contribution is -2.05. The van der Waals surface area contributed by atoms with Crippen LogP contribution in [0.15, 0.2) is 24.3 Å². The number of hydrogen-bond donors (Lipinski definition) is 2. The van der Waals surface area contributed by atoms with Crippen molar-refractivity contribution in [2.75, 3.05) is 12.3 Å². The predicted octanol–water partition coefficient (Wildman–Crippen LogP) is 1.19. The quantitative estimate of drug-likeness (QED) is 0.850. The van der Waals surface area contributed by atoms with Gasteiger partial charge in [0, 0.05) is 6.54 Å². The second-order valence-electron chi connectivity index (χ2n) is 2.83. The summed E-state index contributed by atoms with van der Waals surface area (Å²) in [5, 5.41) is 8.82. The van der Waals surface area contributed by atoms with Crippen LogP contribution in [-0.2, 0) is 6.54 Å². The first-order valence-corrected chi connectivity index (χ1v) is 4.14. The van der Waals surface area contributed by atoms with Crippen molar-refractivity contribution in [1.29, 1.82) is 0 Å². The van der Waals surface area contributed by atoms with E-state index in [1.54, 1.807) is 4.57 Å². The van der Waals surface area contributed by atoms with Crippen LogP contribution < -0.4 is 5.73 Å². The average molecular weight is 258 g/mol. The van der Waals surface area contributed by atoms with E-state index in [1.807, 2.05) is 24.3 Å². The third-order valence-corrected chi connectivity index (χ3v) is 2.01. The molecular formula is C9H12BrN3O. The molecule has 0 amide bonds. The summed E-state index contributed by atoms with van der Waals surface area (Å²) in [6, 6.07) is 7.68. The number of nitrogens with zero attached hydrogens (tertiary/aromatic N) is 2. The summed E-state index contributed by atoms with van der Waals surface area (Å²) in [6.07, 6.45) is 0. The van der Waals surface area contributed by atoms with E-state index in [0.717, 1.165) is 11.0 Å². The van der Waals surface area contributed by atoms with Gasteiger partial charge in [0.05, 0.1) is 17.6 Å². The second-order valence-corrected chi connectivity index (χ2v) is 2.83. The Balaban J connectivity index is 0.000000980. The van der Waals surface area contributed by atoms with E-state index in [2.05, 4.69) is 4.98 Å². The first-order chi connectivity index (χ1) is 6.33. The Labute approximate surface area is 92.1 Å². The number of benzene rings is 1. The predicted molar refractivity (Wildman–Crippen MR) is 61.6 cm³/mol. The summed E-state index contributed by atoms with van der Waals surface area (Å²) in [6.45, 7) is 0.566. The van der Waals surface area contributed by atoms with Gasteiger partial charge in [0.25, 0.3) is 0 Å². The monoisotopic (exact) mass is 257 g/mol. The molecule has 0 saturated carbocycles. The van der Waals surface area contributed by atoms with Crippen LogP contribution >= 0.6 is 17.0 Å². The maximum Gasteiger partial charge on any atom is 0.201 e. The third kappa shape index (κ3) is 1.73. The lowest BCUT2D eigenvalue weighted by atomic mass is 10.3. The van der Waals surface area contributed by atoms with Crippen molar-refractivity contribution in [1.82, 2.24) is 9.55 Å². The molecule has 1 aromatic carbocycles. The van der Waals surface area contributed by atoms with Gasteiger partial charge < -0.3 is 15.4 Å². The van der Waals surface area contributed by atoms with Crippen LogP contribution in [0.1, 0.15) is 0 Å². The number of rotatable bonds is 2.